The van der Waals surface area contributed by atoms with Crippen LogP contribution in [0.15, 0.2) is 12.3 Å². The molecule has 0 saturated carbocycles. The molecule has 1 N–H and O–H groups in total. The quantitative estimate of drug-likeness (QED) is 0.630. The second kappa shape index (κ2) is 5.72. The lowest BCUT2D eigenvalue weighted by Crippen LogP contribution is -2.14. The van der Waals surface area contributed by atoms with Gasteiger partial charge in [-0.25, -0.2) is 0 Å². The van der Waals surface area contributed by atoms with Crippen LogP contribution in [0.4, 0.5) is 5.69 Å². The molecule has 0 bridgehead atoms. The largest absolute Gasteiger partial charge is 0.393 e. The highest BCUT2D eigenvalue weighted by atomic mass is 16.6. The Bertz CT molecular complexity index is 405. The Kier molecular flexibility index (Phi) is 4.57. The van der Waals surface area contributed by atoms with Crippen LogP contribution in [0, 0.1) is 23.0 Å². The van der Waals surface area contributed by atoms with E-state index in [4.69, 9.17) is 0 Å². The Labute approximate surface area is 101 Å². The summed E-state index contributed by atoms with van der Waals surface area (Å²) in [5.41, 5.74) is 1.17. The highest BCUT2D eigenvalue weighted by molar-refractivity contribution is 5.38. The average molecular weight is 238 g/mol. The third kappa shape index (κ3) is 4.11. The molecule has 0 radical (unpaired) electrons. The summed E-state index contributed by atoms with van der Waals surface area (Å²) >= 11 is 0. The highest BCUT2D eigenvalue weighted by Crippen LogP contribution is 2.19. The molecular weight excluding hydrogens is 220 g/mol. The Morgan fingerprint density at radius 3 is 2.71 bits per heavy atom. The molecule has 0 aliphatic carbocycles. The van der Waals surface area contributed by atoms with Gasteiger partial charge in [0, 0.05) is 29.9 Å². The molecule has 17 heavy (non-hydrogen) atoms. The van der Waals surface area contributed by atoms with E-state index in [1.165, 1.54) is 12.3 Å². The minimum absolute atomic E-state index is 0.0618. The molecule has 1 unspecified atom stereocenters. The van der Waals surface area contributed by atoms with E-state index in [-0.39, 0.29) is 5.69 Å². The van der Waals surface area contributed by atoms with Gasteiger partial charge >= 0.3 is 0 Å². The van der Waals surface area contributed by atoms with Crippen LogP contribution in [0.1, 0.15) is 31.5 Å². The molecule has 94 valence electrons. The van der Waals surface area contributed by atoms with Crippen molar-refractivity contribution in [2.75, 3.05) is 0 Å². The second-order valence-corrected chi connectivity index (χ2v) is 4.71. The van der Waals surface area contributed by atoms with Crippen LogP contribution < -0.4 is 0 Å². The van der Waals surface area contributed by atoms with E-state index in [0.29, 0.717) is 30.0 Å². The number of hydrogen-bond donors (Lipinski definition) is 1. The van der Waals surface area contributed by atoms with Gasteiger partial charge in [-0.3, -0.25) is 15.1 Å². The van der Waals surface area contributed by atoms with Crippen molar-refractivity contribution in [3.05, 3.63) is 33.6 Å². The van der Waals surface area contributed by atoms with E-state index in [2.05, 4.69) is 4.98 Å². The fourth-order valence-electron chi connectivity index (χ4n) is 1.73. The molecule has 1 rings (SSSR count). The Morgan fingerprint density at radius 2 is 2.18 bits per heavy atom. The molecule has 1 aromatic rings. The maximum absolute atomic E-state index is 10.8. The Balaban J connectivity index is 2.79. The zero-order valence-corrected chi connectivity index (χ0v) is 10.4. The number of hydrogen-bond acceptors (Lipinski definition) is 4. The van der Waals surface area contributed by atoms with E-state index < -0.39 is 11.0 Å². The monoisotopic (exact) mass is 238 g/mol. The summed E-state index contributed by atoms with van der Waals surface area (Å²) in [6.07, 6.45) is 2.02. The number of aromatic nitrogens is 1. The maximum Gasteiger partial charge on any atom is 0.275 e. The van der Waals surface area contributed by atoms with Gasteiger partial charge in [0.2, 0.25) is 0 Å². The van der Waals surface area contributed by atoms with Crippen molar-refractivity contribution in [1.29, 1.82) is 0 Å². The third-order valence-corrected chi connectivity index (χ3v) is 2.52. The first kappa shape index (κ1) is 13.6. The molecule has 0 fully saturated rings. The van der Waals surface area contributed by atoms with Gasteiger partial charge in [0.05, 0.1) is 11.0 Å². The smallest absolute Gasteiger partial charge is 0.275 e. The molecule has 0 spiro atoms. The summed E-state index contributed by atoms with van der Waals surface area (Å²) in [5.74, 6) is 0.394. The highest BCUT2D eigenvalue weighted by Gasteiger charge is 2.15. The summed E-state index contributed by atoms with van der Waals surface area (Å²) in [5, 5.41) is 20.5. The lowest BCUT2D eigenvalue weighted by molar-refractivity contribution is -0.385. The number of nitro groups is 1. The molecule has 1 aromatic heterocycles. The van der Waals surface area contributed by atoms with Crippen LogP contribution in [0.25, 0.3) is 0 Å². The predicted molar refractivity (Wildman–Crippen MR) is 64.8 cm³/mol. The minimum Gasteiger partial charge on any atom is -0.393 e. The molecule has 5 nitrogen and oxygen atoms in total. The number of aliphatic hydroxyl groups excluding tert-OH is 1. The van der Waals surface area contributed by atoms with Gasteiger partial charge in [-0.2, -0.15) is 0 Å². The molecule has 0 aliphatic heterocycles. The standard InChI is InChI=1S/C12H18N2O3/c1-8(2)4-11(15)5-10-6-12(14(16)17)9(3)7-13-10/h6-8,11,15H,4-5H2,1-3H3. The molecule has 5 heteroatoms. The van der Waals surface area contributed by atoms with Crippen LogP contribution in [0.3, 0.4) is 0 Å². The van der Waals surface area contributed by atoms with E-state index in [1.54, 1.807) is 6.92 Å². The zero-order valence-electron chi connectivity index (χ0n) is 10.4. The zero-order chi connectivity index (χ0) is 13.0. The molecule has 1 heterocycles. The number of rotatable bonds is 5. The van der Waals surface area contributed by atoms with Crippen LogP contribution >= 0.6 is 0 Å². The van der Waals surface area contributed by atoms with Crippen molar-refractivity contribution in [2.24, 2.45) is 5.92 Å². The fourth-order valence-corrected chi connectivity index (χ4v) is 1.73. The lowest BCUT2D eigenvalue weighted by Gasteiger charge is -2.12. The van der Waals surface area contributed by atoms with Crippen molar-refractivity contribution in [1.82, 2.24) is 4.98 Å². The Hall–Kier alpha value is -1.49. The van der Waals surface area contributed by atoms with E-state index >= 15 is 0 Å². The first-order valence-corrected chi connectivity index (χ1v) is 5.68. The molecule has 0 saturated heterocycles. The van der Waals surface area contributed by atoms with Gasteiger partial charge in [-0.15, -0.1) is 0 Å². The normalized spacial score (nSPS) is 12.8. The van der Waals surface area contributed by atoms with E-state index in [0.717, 1.165) is 0 Å². The first-order chi connectivity index (χ1) is 7.90. The summed E-state index contributed by atoms with van der Waals surface area (Å²) in [7, 11) is 0. The number of pyridine rings is 1. The van der Waals surface area contributed by atoms with Gasteiger partial charge in [0.25, 0.3) is 5.69 Å². The van der Waals surface area contributed by atoms with Crippen LogP contribution in [0.5, 0.6) is 0 Å². The molecular formula is C12H18N2O3. The number of nitrogens with zero attached hydrogens (tertiary/aromatic N) is 2. The van der Waals surface area contributed by atoms with Gasteiger partial charge < -0.3 is 5.11 Å². The van der Waals surface area contributed by atoms with E-state index in [1.807, 2.05) is 13.8 Å². The summed E-state index contributed by atoms with van der Waals surface area (Å²) in [6.45, 7) is 5.70. The summed E-state index contributed by atoms with van der Waals surface area (Å²) in [6, 6.07) is 1.44. The van der Waals surface area contributed by atoms with E-state index in [9.17, 15) is 15.2 Å². The maximum atomic E-state index is 10.8. The van der Waals surface area contributed by atoms with Crippen molar-refractivity contribution in [3.63, 3.8) is 0 Å². The van der Waals surface area contributed by atoms with Crippen LogP contribution in [0.2, 0.25) is 0 Å². The second-order valence-electron chi connectivity index (χ2n) is 4.71. The minimum atomic E-state index is -0.496. The average Bonchev–Trinajstić information content (AvgIpc) is 2.19. The van der Waals surface area contributed by atoms with Gasteiger partial charge in [0.1, 0.15) is 0 Å². The third-order valence-electron chi connectivity index (χ3n) is 2.52. The number of aryl methyl sites for hydroxylation is 1. The van der Waals surface area contributed by atoms with Gasteiger partial charge in [0.15, 0.2) is 0 Å². The number of aliphatic hydroxyl groups is 1. The van der Waals surface area contributed by atoms with Gasteiger partial charge in [-0.05, 0) is 19.3 Å². The topological polar surface area (TPSA) is 76.3 Å². The van der Waals surface area contributed by atoms with Crippen LogP contribution in [-0.4, -0.2) is 21.1 Å². The first-order valence-electron chi connectivity index (χ1n) is 5.68. The lowest BCUT2D eigenvalue weighted by atomic mass is 10.0. The molecule has 0 aromatic carbocycles. The fraction of sp³-hybridized carbons (Fsp3) is 0.583. The summed E-state index contributed by atoms with van der Waals surface area (Å²) < 4.78 is 0. The molecule has 0 amide bonds. The van der Waals surface area contributed by atoms with Crippen molar-refractivity contribution >= 4 is 5.69 Å². The summed E-state index contributed by atoms with van der Waals surface area (Å²) in [4.78, 5) is 14.4. The van der Waals surface area contributed by atoms with Crippen LogP contribution in [-0.2, 0) is 6.42 Å². The van der Waals surface area contributed by atoms with Crippen molar-refractivity contribution in [2.45, 2.75) is 39.7 Å². The van der Waals surface area contributed by atoms with Gasteiger partial charge in [-0.1, -0.05) is 13.8 Å². The SMILES string of the molecule is Cc1cnc(CC(O)CC(C)C)cc1[N+](=O)[O-]. The van der Waals surface area contributed by atoms with Crippen molar-refractivity contribution < 1.29 is 10.0 Å². The Morgan fingerprint density at radius 1 is 1.53 bits per heavy atom. The molecule has 1 atom stereocenters. The van der Waals surface area contributed by atoms with Crippen molar-refractivity contribution in [3.8, 4) is 0 Å². The molecule has 0 aliphatic rings. The predicted octanol–water partition coefficient (Wildman–Crippen LogP) is 2.25.